The van der Waals surface area contributed by atoms with E-state index >= 15 is 0 Å². The first-order chi connectivity index (χ1) is 14.2. The zero-order valence-electron chi connectivity index (χ0n) is 17.9. The van der Waals surface area contributed by atoms with Crippen LogP contribution in [0, 0.1) is 0 Å². The Morgan fingerprint density at radius 2 is 1.97 bits per heavy atom. The van der Waals surface area contributed by atoms with Crippen molar-refractivity contribution in [2.45, 2.75) is 45.4 Å². The van der Waals surface area contributed by atoms with Crippen molar-refractivity contribution < 1.29 is 14.3 Å². The number of fused-ring (bicyclic) bond motifs is 1. The lowest BCUT2D eigenvalue weighted by molar-refractivity contribution is -0.123. The van der Waals surface area contributed by atoms with Gasteiger partial charge in [0.2, 0.25) is 5.91 Å². The number of aryl methyl sites for hydroxylation is 1. The number of benzene rings is 1. The Bertz CT molecular complexity index is 1000. The third-order valence-corrected chi connectivity index (χ3v) is 4.61. The van der Waals surface area contributed by atoms with Gasteiger partial charge >= 0.3 is 6.09 Å². The fourth-order valence-electron chi connectivity index (χ4n) is 3.32. The third-order valence-electron chi connectivity index (χ3n) is 4.61. The fraction of sp³-hybridized carbons (Fsp3) is 0.409. The molecular formula is C22H29N5O3. The summed E-state index contributed by atoms with van der Waals surface area (Å²) in [6.45, 7) is 6.32. The van der Waals surface area contributed by atoms with E-state index in [2.05, 4.69) is 15.7 Å². The number of rotatable bonds is 7. The van der Waals surface area contributed by atoms with Crippen LogP contribution in [0.1, 0.15) is 26.3 Å². The Morgan fingerprint density at radius 1 is 1.20 bits per heavy atom. The van der Waals surface area contributed by atoms with Crippen molar-refractivity contribution >= 4 is 22.9 Å². The molecule has 3 rings (SSSR count). The van der Waals surface area contributed by atoms with Crippen molar-refractivity contribution in [3.8, 4) is 0 Å². The smallest absolute Gasteiger partial charge is 0.408 e. The molecule has 160 valence electrons. The molecule has 0 saturated carbocycles. The summed E-state index contributed by atoms with van der Waals surface area (Å²) < 4.78 is 9.12. The average Bonchev–Trinajstić information content (AvgIpc) is 3.28. The summed E-state index contributed by atoms with van der Waals surface area (Å²) in [6.07, 6.45) is 5.25. The van der Waals surface area contributed by atoms with E-state index in [0.717, 1.165) is 16.5 Å². The van der Waals surface area contributed by atoms with Crippen LogP contribution in [0.3, 0.4) is 0 Å². The minimum Gasteiger partial charge on any atom is -0.444 e. The lowest BCUT2D eigenvalue weighted by Gasteiger charge is -2.23. The third kappa shape index (κ3) is 5.62. The molecule has 0 fully saturated rings. The molecule has 2 aromatic heterocycles. The molecule has 2 amide bonds. The molecule has 1 aromatic carbocycles. The number of carbonyl (C=O) groups excluding carboxylic acids is 2. The van der Waals surface area contributed by atoms with Crippen molar-refractivity contribution in [1.29, 1.82) is 0 Å². The van der Waals surface area contributed by atoms with E-state index in [9.17, 15) is 9.59 Å². The van der Waals surface area contributed by atoms with Crippen molar-refractivity contribution in [2.75, 3.05) is 6.54 Å². The number of hydrogen-bond acceptors (Lipinski definition) is 4. The van der Waals surface area contributed by atoms with E-state index in [1.165, 1.54) is 0 Å². The zero-order chi connectivity index (χ0) is 21.7. The van der Waals surface area contributed by atoms with Gasteiger partial charge in [0.15, 0.2) is 0 Å². The molecule has 0 radical (unpaired) electrons. The summed E-state index contributed by atoms with van der Waals surface area (Å²) in [5.41, 5.74) is 1.41. The SMILES string of the molecule is Cn1cc(CC(NC(=O)OC(C)(C)C)C(=O)NCCn2cccn2)c2ccccc21. The molecule has 30 heavy (non-hydrogen) atoms. The Kier molecular flexibility index (Phi) is 6.44. The van der Waals surface area contributed by atoms with Gasteiger partial charge in [0.1, 0.15) is 11.6 Å². The van der Waals surface area contributed by atoms with Crippen LogP contribution in [0.15, 0.2) is 48.9 Å². The van der Waals surface area contributed by atoms with E-state index in [1.54, 1.807) is 31.6 Å². The first-order valence-corrected chi connectivity index (χ1v) is 10.0. The van der Waals surface area contributed by atoms with Gasteiger partial charge in [-0.05, 0) is 38.5 Å². The average molecular weight is 412 g/mol. The number of aromatic nitrogens is 3. The first-order valence-electron chi connectivity index (χ1n) is 10.0. The summed E-state index contributed by atoms with van der Waals surface area (Å²) in [4.78, 5) is 25.3. The molecule has 0 bridgehead atoms. The van der Waals surface area contributed by atoms with Gasteiger partial charge in [-0.3, -0.25) is 9.48 Å². The number of hydrogen-bond donors (Lipinski definition) is 2. The molecule has 8 heteroatoms. The minimum atomic E-state index is -0.761. The highest BCUT2D eigenvalue weighted by Gasteiger charge is 2.25. The number of ether oxygens (including phenoxy) is 1. The zero-order valence-corrected chi connectivity index (χ0v) is 17.9. The second kappa shape index (κ2) is 9.02. The number of nitrogens with zero attached hydrogens (tertiary/aromatic N) is 3. The van der Waals surface area contributed by atoms with E-state index in [0.29, 0.717) is 19.5 Å². The Morgan fingerprint density at radius 3 is 2.67 bits per heavy atom. The molecular weight excluding hydrogens is 382 g/mol. The van der Waals surface area contributed by atoms with Gasteiger partial charge in [-0.25, -0.2) is 4.79 Å². The van der Waals surface area contributed by atoms with Gasteiger partial charge in [-0.2, -0.15) is 5.10 Å². The molecule has 0 aliphatic heterocycles. The fourth-order valence-corrected chi connectivity index (χ4v) is 3.32. The number of nitrogens with one attached hydrogen (secondary N) is 2. The minimum absolute atomic E-state index is 0.263. The Labute approximate surface area is 176 Å². The van der Waals surface area contributed by atoms with Crippen molar-refractivity contribution in [3.63, 3.8) is 0 Å². The van der Waals surface area contributed by atoms with Crippen LogP contribution in [-0.2, 0) is 29.5 Å². The summed E-state index contributed by atoms with van der Waals surface area (Å²) in [5, 5.41) is 10.8. The molecule has 0 aliphatic carbocycles. The number of para-hydroxylation sites is 1. The van der Waals surface area contributed by atoms with Crippen LogP contribution in [0.5, 0.6) is 0 Å². The number of alkyl carbamates (subject to hydrolysis) is 1. The Hall–Kier alpha value is -3.29. The van der Waals surface area contributed by atoms with E-state index < -0.39 is 17.7 Å². The van der Waals surface area contributed by atoms with Crippen LogP contribution in [0.4, 0.5) is 4.79 Å². The standard InChI is InChI=1S/C22H29N5O3/c1-22(2,3)30-21(29)25-18(20(28)23-11-13-27-12-7-10-24-27)14-16-15-26(4)19-9-6-5-8-17(16)19/h5-10,12,15,18H,11,13-14H2,1-4H3,(H,23,28)(H,25,29). The molecule has 0 spiro atoms. The maximum atomic E-state index is 12.9. The monoisotopic (exact) mass is 411 g/mol. The molecule has 2 N–H and O–H groups in total. The highest BCUT2D eigenvalue weighted by molar-refractivity contribution is 5.88. The van der Waals surface area contributed by atoms with Crippen LogP contribution in [0.25, 0.3) is 10.9 Å². The second-order valence-electron chi connectivity index (χ2n) is 8.25. The van der Waals surface area contributed by atoms with Gasteiger partial charge < -0.3 is 19.9 Å². The first kappa shape index (κ1) is 21.4. The van der Waals surface area contributed by atoms with Crippen LogP contribution in [0.2, 0.25) is 0 Å². The predicted molar refractivity (Wildman–Crippen MR) is 115 cm³/mol. The predicted octanol–water partition coefficient (Wildman–Crippen LogP) is 2.63. The van der Waals surface area contributed by atoms with Crippen molar-refractivity contribution in [1.82, 2.24) is 25.0 Å². The van der Waals surface area contributed by atoms with Crippen LogP contribution >= 0.6 is 0 Å². The normalized spacial score (nSPS) is 12.5. The molecule has 0 saturated heterocycles. The molecule has 2 heterocycles. The lowest BCUT2D eigenvalue weighted by atomic mass is 10.0. The largest absolute Gasteiger partial charge is 0.444 e. The topological polar surface area (TPSA) is 90.2 Å². The van der Waals surface area contributed by atoms with Crippen molar-refractivity contribution in [2.24, 2.45) is 7.05 Å². The molecule has 0 aliphatic rings. The molecule has 3 aromatic rings. The summed E-state index contributed by atoms with van der Waals surface area (Å²) >= 11 is 0. The highest BCUT2D eigenvalue weighted by Crippen LogP contribution is 2.21. The van der Waals surface area contributed by atoms with Gasteiger partial charge in [-0.15, -0.1) is 0 Å². The number of carbonyl (C=O) groups is 2. The van der Waals surface area contributed by atoms with Gasteiger partial charge in [0, 0.05) is 49.5 Å². The van der Waals surface area contributed by atoms with Crippen LogP contribution < -0.4 is 10.6 Å². The number of amides is 2. The maximum absolute atomic E-state index is 12.9. The Balaban J connectivity index is 1.73. The molecule has 8 nitrogen and oxygen atoms in total. The van der Waals surface area contributed by atoms with E-state index in [-0.39, 0.29) is 5.91 Å². The second-order valence-corrected chi connectivity index (χ2v) is 8.25. The van der Waals surface area contributed by atoms with E-state index in [4.69, 9.17) is 4.74 Å². The highest BCUT2D eigenvalue weighted by atomic mass is 16.6. The van der Waals surface area contributed by atoms with Crippen LogP contribution in [-0.4, -0.2) is 44.5 Å². The van der Waals surface area contributed by atoms with Gasteiger partial charge in [0.25, 0.3) is 0 Å². The lowest BCUT2D eigenvalue weighted by Crippen LogP contribution is -2.49. The van der Waals surface area contributed by atoms with Gasteiger partial charge in [0.05, 0.1) is 6.54 Å². The van der Waals surface area contributed by atoms with E-state index in [1.807, 2.05) is 54.3 Å². The van der Waals surface area contributed by atoms with Gasteiger partial charge in [-0.1, -0.05) is 18.2 Å². The summed E-state index contributed by atoms with van der Waals surface area (Å²) in [5.74, 6) is -0.263. The van der Waals surface area contributed by atoms with Crippen molar-refractivity contribution in [3.05, 3.63) is 54.5 Å². The summed E-state index contributed by atoms with van der Waals surface area (Å²) in [7, 11) is 1.96. The molecule has 1 atom stereocenters. The quantitative estimate of drug-likeness (QED) is 0.625. The molecule has 1 unspecified atom stereocenters. The summed E-state index contributed by atoms with van der Waals surface area (Å²) in [6, 6.07) is 9.05. The maximum Gasteiger partial charge on any atom is 0.408 e.